The molecule has 0 radical (unpaired) electrons. The second-order valence-corrected chi connectivity index (χ2v) is 7.59. The van der Waals surface area contributed by atoms with Crippen LogP contribution < -0.4 is 10.6 Å². The van der Waals surface area contributed by atoms with Gasteiger partial charge in [-0.2, -0.15) is 0 Å². The summed E-state index contributed by atoms with van der Waals surface area (Å²) < 4.78 is 0. The highest BCUT2D eigenvalue weighted by atomic mass is 16.1. The Hall–Kier alpha value is -2.36. The van der Waals surface area contributed by atoms with Crippen molar-refractivity contribution in [3.05, 3.63) is 53.3 Å². The van der Waals surface area contributed by atoms with Crippen LogP contribution in [0.25, 0.3) is 0 Å². The number of aryl methyl sites for hydroxylation is 1. The van der Waals surface area contributed by atoms with Crippen LogP contribution in [0.2, 0.25) is 0 Å². The van der Waals surface area contributed by atoms with E-state index in [-0.39, 0.29) is 5.91 Å². The molecule has 0 spiro atoms. The Morgan fingerprint density at radius 2 is 1.92 bits per heavy atom. The van der Waals surface area contributed by atoms with Crippen molar-refractivity contribution in [3.63, 3.8) is 0 Å². The van der Waals surface area contributed by atoms with Crippen LogP contribution >= 0.6 is 0 Å². The van der Waals surface area contributed by atoms with Crippen LogP contribution in [0.15, 0.2) is 36.7 Å². The molecule has 26 heavy (non-hydrogen) atoms. The average Bonchev–Trinajstić information content (AvgIpc) is 2.64. The van der Waals surface area contributed by atoms with Crippen LogP contribution in [-0.2, 0) is 0 Å². The van der Waals surface area contributed by atoms with Crippen molar-refractivity contribution < 1.29 is 4.79 Å². The van der Waals surface area contributed by atoms with Crippen molar-refractivity contribution in [1.82, 2.24) is 4.98 Å². The molecule has 0 aliphatic heterocycles. The first-order valence-electron chi connectivity index (χ1n) is 9.67. The zero-order chi connectivity index (χ0) is 18.5. The first kappa shape index (κ1) is 18.4. The van der Waals surface area contributed by atoms with Gasteiger partial charge in [-0.05, 0) is 42.9 Å². The first-order valence-corrected chi connectivity index (χ1v) is 9.67. The van der Waals surface area contributed by atoms with Gasteiger partial charge in [-0.3, -0.25) is 9.78 Å². The third-order valence-electron chi connectivity index (χ3n) is 5.14. The van der Waals surface area contributed by atoms with Crippen LogP contribution in [0.4, 0.5) is 11.4 Å². The fourth-order valence-corrected chi connectivity index (χ4v) is 3.65. The minimum absolute atomic E-state index is 0.110. The summed E-state index contributed by atoms with van der Waals surface area (Å²) in [6, 6.07) is 8.54. The number of amides is 1. The number of carbonyl (C=O) groups excluding carboxylic acids is 1. The van der Waals surface area contributed by atoms with Crippen LogP contribution in [0, 0.1) is 6.92 Å². The maximum absolute atomic E-state index is 12.8. The predicted octanol–water partition coefficient (Wildman–Crippen LogP) is 5.51. The fourth-order valence-electron chi connectivity index (χ4n) is 3.65. The largest absolute Gasteiger partial charge is 0.381 e. The normalized spacial score (nSPS) is 15.1. The number of aromatic nitrogens is 1. The lowest BCUT2D eigenvalue weighted by Gasteiger charge is -2.23. The van der Waals surface area contributed by atoms with Gasteiger partial charge in [-0.15, -0.1) is 0 Å². The molecule has 0 unspecified atom stereocenters. The SMILES string of the molecule is Cc1cccc(C(C)C)c1NC(=O)c1cncc(NC2CCCCC2)c1. The Morgan fingerprint density at radius 3 is 2.65 bits per heavy atom. The Bertz CT molecular complexity index is 764. The molecule has 1 aromatic heterocycles. The summed E-state index contributed by atoms with van der Waals surface area (Å²) in [6.45, 7) is 6.31. The number of hydrogen-bond acceptors (Lipinski definition) is 3. The summed E-state index contributed by atoms with van der Waals surface area (Å²) >= 11 is 0. The second-order valence-electron chi connectivity index (χ2n) is 7.59. The van der Waals surface area contributed by atoms with Crippen LogP contribution in [0.1, 0.15) is 73.4 Å². The minimum Gasteiger partial charge on any atom is -0.381 e. The molecular weight excluding hydrogens is 322 g/mol. The Kier molecular flexibility index (Phi) is 5.92. The van der Waals surface area contributed by atoms with E-state index in [9.17, 15) is 4.79 Å². The van der Waals surface area contributed by atoms with Gasteiger partial charge in [0, 0.05) is 24.1 Å². The summed E-state index contributed by atoms with van der Waals surface area (Å²) in [6.07, 6.45) is 9.70. The number of hydrogen-bond donors (Lipinski definition) is 2. The lowest BCUT2D eigenvalue weighted by molar-refractivity contribution is 0.102. The maximum Gasteiger partial charge on any atom is 0.257 e. The van der Waals surface area contributed by atoms with Crippen molar-refractivity contribution in [1.29, 1.82) is 0 Å². The molecule has 0 saturated heterocycles. The van der Waals surface area contributed by atoms with Gasteiger partial charge in [0.1, 0.15) is 0 Å². The molecular formula is C22H29N3O. The van der Waals surface area contributed by atoms with Gasteiger partial charge < -0.3 is 10.6 Å². The van der Waals surface area contributed by atoms with Gasteiger partial charge >= 0.3 is 0 Å². The van der Waals surface area contributed by atoms with E-state index in [0.717, 1.165) is 22.5 Å². The lowest BCUT2D eigenvalue weighted by Crippen LogP contribution is -2.22. The third kappa shape index (κ3) is 4.43. The lowest BCUT2D eigenvalue weighted by atomic mass is 9.95. The molecule has 1 aromatic carbocycles. The van der Waals surface area contributed by atoms with Gasteiger partial charge in [0.05, 0.1) is 11.3 Å². The van der Waals surface area contributed by atoms with E-state index in [0.29, 0.717) is 17.5 Å². The number of pyridine rings is 1. The summed E-state index contributed by atoms with van der Waals surface area (Å²) in [4.78, 5) is 17.1. The molecule has 1 fully saturated rings. The number of benzene rings is 1. The smallest absolute Gasteiger partial charge is 0.257 e. The molecule has 2 N–H and O–H groups in total. The molecule has 1 amide bonds. The fraction of sp³-hybridized carbons (Fsp3) is 0.455. The average molecular weight is 351 g/mol. The monoisotopic (exact) mass is 351 g/mol. The van der Waals surface area contributed by atoms with Crippen molar-refractivity contribution in [2.75, 3.05) is 10.6 Å². The standard InChI is InChI=1S/C22H29N3O/c1-15(2)20-11-7-8-16(3)21(20)25-22(26)17-12-19(14-23-13-17)24-18-9-5-4-6-10-18/h7-8,11-15,18,24H,4-6,9-10H2,1-3H3,(H,25,26). The van der Waals surface area contributed by atoms with Crippen molar-refractivity contribution in [2.45, 2.75) is 64.8 Å². The zero-order valence-corrected chi connectivity index (χ0v) is 16.0. The molecule has 0 bridgehead atoms. The van der Waals surface area contributed by atoms with Crippen LogP contribution in [0.5, 0.6) is 0 Å². The number of para-hydroxylation sites is 1. The van der Waals surface area contributed by atoms with Crippen LogP contribution in [-0.4, -0.2) is 16.9 Å². The first-order chi connectivity index (χ1) is 12.5. The number of nitrogens with zero attached hydrogens (tertiary/aromatic N) is 1. The molecule has 4 nitrogen and oxygen atoms in total. The van der Waals surface area contributed by atoms with Gasteiger partial charge in [0.25, 0.3) is 5.91 Å². The Balaban J connectivity index is 1.75. The zero-order valence-electron chi connectivity index (χ0n) is 16.0. The molecule has 138 valence electrons. The summed E-state index contributed by atoms with van der Waals surface area (Å²) in [5.74, 6) is 0.239. The molecule has 1 saturated carbocycles. The highest BCUT2D eigenvalue weighted by molar-refractivity contribution is 6.05. The summed E-state index contributed by atoms with van der Waals surface area (Å²) in [7, 11) is 0. The van der Waals surface area contributed by atoms with Gasteiger partial charge in [0.15, 0.2) is 0 Å². The number of carbonyl (C=O) groups is 1. The van der Waals surface area contributed by atoms with E-state index >= 15 is 0 Å². The van der Waals surface area contributed by atoms with Crippen molar-refractivity contribution >= 4 is 17.3 Å². The molecule has 4 heteroatoms. The summed E-state index contributed by atoms with van der Waals surface area (Å²) in [5, 5.41) is 6.64. The molecule has 3 rings (SSSR count). The third-order valence-corrected chi connectivity index (χ3v) is 5.14. The molecule has 0 atom stereocenters. The molecule has 1 aliphatic rings. The summed E-state index contributed by atoms with van der Waals surface area (Å²) in [5.41, 5.74) is 4.66. The number of nitrogens with one attached hydrogen (secondary N) is 2. The molecule has 2 aromatic rings. The topological polar surface area (TPSA) is 54.0 Å². The molecule has 1 aliphatic carbocycles. The Labute approximate surface area is 156 Å². The van der Waals surface area contributed by atoms with Crippen molar-refractivity contribution in [2.24, 2.45) is 0 Å². The number of anilines is 2. The highest BCUT2D eigenvalue weighted by Gasteiger charge is 2.16. The van der Waals surface area contributed by atoms with Gasteiger partial charge in [-0.1, -0.05) is 51.3 Å². The Morgan fingerprint density at radius 1 is 1.15 bits per heavy atom. The van der Waals surface area contributed by atoms with Crippen LogP contribution in [0.3, 0.4) is 0 Å². The van der Waals surface area contributed by atoms with E-state index in [2.05, 4.69) is 35.5 Å². The van der Waals surface area contributed by atoms with E-state index in [1.807, 2.05) is 25.1 Å². The van der Waals surface area contributed by atoms with E-state index in [4.69, 9.17) is 0 Å². The van der Waals surface area contributed by atoms with E-state index < -0.39 is 0 Å². The van der Waals surface area contributed by atoms with Gasteiger partial charge in [-0.25, -0.2) is 0 Å². The van der Waals surface area contributed by atoms with Crippen molar-refractivity contribution in [3.8, 4) is 0 Å². The number of rotatable bonds is 5. The van der Waals surface area contributed by atoms with E-state index in [1.54, 1.807) is 12.4 Å². The predicted molar refractivity (Wildman–Crippen MR) is 108 cm³/mol. The highest BCUT2D eigenvalue weighted by Crippen LogP contribution is 2.28. The quantitative estimate of drug-likeness (QED) is 0.747. The second kappa shape index (κ2) is 8.35. The molecule has 1 heterocycles. The van der Waals surface area contributed by atoms with Gasteiger partial charge in [0.2, 0.25) is 0 Å². The van der Waals surface area contributed by atoms with E-state index in [1.165, 1.54) is 32.1 Å². The maximum atomic E-state index is 12.8. The minimum atomic E-state index is -0.110.